The third kappa shape index (κ3) is 2.29. The third-order valence-electron chi connectivity index (χ3n) is 4.99. The summed E-state index contributed by atoms with van der Waals surface area (Å²) in [6.07, 6.45) is 0.848. The number of anilines is 1. The first-order chi connectivity index (χ1) is 12.6. The van der Waals surface area contributed by atoms with Gasteiger partial charge in [0.05, 0.1) is 17.3 Å². The van der Waals surface area contributed by atoms with E-state index in [9.17, 15) is 13.6 Å². The van der Waals surface area contributed by atoms with Gasteiger partial charge < -0.3 is 10.5 Å². The Morgan fingerprint density at radius 2 is 2.00 bits per heavy atom. The van der Waals surface area contributed by atoms with Crippen molar-refractivity contribution in [1.29, 1.82) is 0 Å². The van der Waals surface area contributed by atoms with Gasteiger partial charge in [-0.2, -0.15) is 0 Å². The zero-order chi connectivity index (χ0) is 18.4. The SMILES string of the molecule is CCN1Cc2nc3c(-c4ccccc4F)c(F)ccc3c(N)c2C1C=O. The molecule has 4 rings (SSSR count). The normalized spacial score (nSPS) is 16.8. The zero-order valence-electron chi connectivity index (χ0n) is 14.2. The van der Waals surface area contributed by atoms with Gasteiger partial charge in [0.1, 0.15) is 17.9 Å². The Kier molecular flexibility index (Phi) is 3.92. The van der Waals surface area contributed by atoms with E-state index in [0.717, 1.165) is 6.29 Å². The number of halogens is 2. The molecule has 0 radical (unpaired) electrons. The number of pyridine rings is 1. The fourth-order valence-corrected chi connectivity index (χ4v) is 3.70. The number of nitrogens with two attached hydrogens (primary N) is 1. The molecule has 1 unspecified atom stereocenters. The van der Waals surface area contributed by atoms with Crippen LogP contribution in [0.25, 0.3) is 22.0 Å². The Balaban J connectivity index is 2.06. The highest BCUT2D eigenvalue weighted by Crippen LogP contribution is 2.41. The fourth-order valence-electron chi connectivity index (χ4n) is 3.70. The van der Waals surface area contributed by atoms with Crippen LogP contribution in [-0.2, 0) is 11.3 Å². The van der Waals surface area contributed by atoms with Crippen LogP contribution in [0, 0.1) is 11.6 Å². The van der Waals surface area contributed by atoms with E-state index in [0.29, 0.717) is 40.9 Å². The van der Waals surface area contributed by atoms with Crippen molar-refractivity contribution in [2.45, 2.75) is 19.5 Å². The molecule has 0 saturated heterocycles. The van der Waals surface area contributed by atoms with Gasteiger partial charge in [0.15, 0.2) is 0 Å². The van der Waals surface area contributed by atoms with E-state index in [1.165, 1.54) is 24.3 Å². The smallest absolute Gasteiger partial charge is 0.141 e. The van der Waals surface area contributed by atoms with Crippen LogP contribution >= 0.6 is 0 Å². The molecule has 26 heavy (non-hydrogen) atoms. The molecule has 132 valence electrons. The number of likely N-dealkylation sites (N-methyl/N-ethyl adjacent to an activating group) is 1. The molecule has 6 heteroatoms. The van der Waals surface area contributed by atoms with Gasteiger partial charge in [-0.15, -0.1) is 0 Å². The van der Waals surface area contributed by atoms with Crippen LogP contribution in [0.2, 0.25) is 0 Å². The predicted octanol–water partition coefficient (Wildman–Crippen LogP) is 3.84. The highest BCUT2D eigenvalue weighted by Gasteiger charge is 2.33. The molecule has 1 aliphatic rings. The lowest BCUT2D eigenvalue weighted by Crippen LogP contribution is -2.22. The molecule has 1 aromatic heterocycles. The first-order valence-electron chi connectivity index (χ1n) is 8.41. The Morgan fingerprint density at radius 1 is 1.23 bits per heavy atom. The summed E-state index contributed by atoms with van der Waals surface area (Å²) in [7, 11) is 0. The molecular formula is C20H17F2N3O. The molecule has 0 aliphatic carbocycles. The lowest BCUT2D eigenvalue weighted by Gasteiger charge is -2.18. The minimum absolute atomic E-state index is 0.0905. The van der Waals surface area contributed by atoms with Crippen molar-refractivity contribution in [3.63, 3.8) is 0 Å². The number of fused-ring (bicyclic) bond motifs is 2. The summed E-state index contributed by atoms with van der Waals surface area (Å²) in [5.74, 6) is -1.09. The molecule has 2 N–H and O–H groups in total. The summed E-state index contributed by atoms with van der Waals surface area (Å²) in [4.78, 5) is 18.1. The first-order valence-corrected chi connectivity index (χ1v) is 8.41. The van der Waals surface area contributed by atoms with E-state index in [4.69, 9.17) is 5.73 Å². The summed E-state index contributed by atoms with van der Waals surface area (Å²) < 4.78 is 29.0. The van der Waals surface area contributed by atoms with Crippen LogP contribution in [-0.4, -0.2) is 22.7 Å². The summed E-state index contributed by atoms with van der Waals surface area (Å²) >= 11 is 0. The van der Waals surface area contributed by atoms with Gasteiger partial charge in [0.25, 0.3) is 0 Å². The quantitative estimate of drug-likeness (QED) is 0.727. The number of benzene rings is 2. The van der Waals surface area contributed by atoms with Crippen molar-refractivity contribution in [2.75, 3.05) is 12.3 Å². The van der Waals surface area contributed by atoms with Gasteiger partial charge >= 0.3 is 0 Å². The Labute approximate surface area is 149 Å². The molecule has 2 heterocycles. The zero-order valence-corrected chi connectivity index (χ0v) is 14.2. The monoisotopic (exact) mass is 353 g/mol. The highest BCUT2D eigenvalue weighted by atomic mass is 19.1. The van der Waals surface area contributed by atoms with Gasteiger partial charge in [-0.3, -0.25) is 9.88 Å². The molecule has 0 spiro atoms. The number of aromatic nitrogens is 1. The number of carbonyl (C=O) groups is 1. The van der Waals surface area contributed by atoms with Crippen molar-refractivity contribution in [3.8, 4) is 11.1 Å². The molecule has 1 aliphatic heterocycles. The molecule has 1 atom stereocenters. The van der Waals surface area contributed by atoms with E-state index in [-0.39, 0.29) is 11.1 Å². The maximum Gasteiger partial charge on any atom is 0.141 e. The molecule has 0 fully saturated rings. The average Bonchev–Trinajstić information content (AvgIpc) is 3.00. The van der Waals surface area contributed by atoms with E-state index in [1.807, 2.05) is 11.8 Å². The molecule has 0 bridgehead atoms. The topological polar surface area (TPSA) is 59.2 Å². The van der Waals surface area contributed by atoms with Crippen molar-refractivity contribution >= 4 is 22.9 Å². The van der Waals surface area contributed by atoms with Crippen LogP contribution in [0.15, 0.2) is 36.4 Å². The van der Waals surface area contributed by atoms with Crippen molar-refractivity contribution in [2.24, 2.45) is 0 Å². The average molecular weight is 353 g/mol. The van der Waals surface area contributed by atoms with Gasteiger partial charge in [0.2, 0.25) is 0 Å². The minimum atomic E-state index is -0.563. The molecule has 4 nitrogen and oxygen atoms in total. The van der Waals surface area contributed by atoms with Gasteiger partial charge in [0, 0.05) is 34.3 Å². The molecule has 0 saturated carbocycles. The van der Waals surface area contributed by atoms with Gasteiger partial charge in [-0.1, -0.05) is 25.1 Å². The van der Waals surface area contributed by atoms with Crippen molar-refractivity contribution in [1.82, 2.24) is 9.88 Å². The van der Waals surface area contributed by atoms with E-state index < -0.39 is 17.7 Å². The Morgan fingerprint density at radius 3 is 2.69 bits per heavy atom. The second-order valence-corrected chi connectivity index (χ2v) is 6.33. The number of hydrogen-bond donors (Lipinski definition) is 1. The number of aldehydes is 1. The van der Waals surface area contributed by atoms with E-state index in [2.05, 4.69) is 4.98 Å². The summed E-state index contributed by atoms with van der Waals surface area (Å²) in [5, 5.41) is 0.521. The van der Waals surface area contributed by atoms with E-state index in [1.54, 1.807) is 12.1 Å². The van der Waals surface area contributed by atoms with Crippen molar-refractivity contribution < 1.29 is 13.6 Å². The predicted molar refractivity (Wildman–Crippen MR) is 96.4 cm³/mol. The number of rotatable bonds is 3. The van der Waals surface area contributed by atoms with Crippen LogP contribution in [0.4, 0.5) is 14.5 Å². The number of carbonyl (C=O) groups excluding carboxylic acids is 1. The standard InChI is InChI=1S/C20H17F2N3O/c1-2-25-9-15-18(16(25)10-26)19(23)12-7-8-14(22)17(20(12)24-15)11-5-3-4-6-13(11)21/h3-8,10,16H,2,9H2,1H3,(H2,23,24). The molecule has 2 aromatic carbocycles. The highest BCUT2D eigenvalue weighted by molar-refractivity contribution is 6.02. The summed E-state index contributed by atoms with van der Waals surface area (Å²) in [6.45, 7) is 3.05. The third-order valence-corrected chi connectivity index (χ3v) is 4.99. The number of nitrogen functional groups attached to an aromatic ring is 1. The molecule has 3 aromatic rings. The van der Waals surface area contributed by atoms with Crippen molar-refractivity contribution in [3.05, 3.63) is 59.3 Å². The number of nitrogens with zero attached hydrogens (tertiary/aromatic N) is 2. The van der Waals surface area contributed by atoms with Crippen LogP contribution in [0.3, 0.4) is 0 Å². The van der Waals surface area contributed by atoms with E-state index >= 15 is 0 Å². The van der Waals surface area contributed by atoms with Crippen LogP contribution < -0.4 is 5.73 Å². The number of hydrogen-bond acceptors (Lipinski definition) is 4. The summed E-state index contributed by atoms with van der Waals surface area (Å²) in [5.41, 5.74) is 8.59. The molecule has 0 amide bonds. The Bertz CT molecular complexity index is 1040. The van der Waals surface area contributed by atoms with Crippen LogP contribution in [0.1, 0.15) is 24.2 Å². The summed E-state index contributed by atoms with van der Waals surface area (Å²) in [6, 6.07) is 8.33. The Hall–Kier alpha value is -2.86. The minimum Gasteiger partial charge on any atom is -0.398 e. The van der Waals surface area contributed by atoms with Gasteiger partial charge in [-0.25, -0.2) is 8.78 Å². The second-order valence-electron chi connectivity index (χ2n) is 6.33. The fraction of sp³-hybridized carbons (Fsp3) is 0.200. The molecular weight excluding hydrogens is 336 g/mol. The van der Waals surface area contributed by atoms with Gasteiger partial charge in [-0.05, 0) is 24.7 Å². The lowest BCUT2D eigenvalue weighted by atomic mass is 9.97. The maximum absolute atomic E-state index is 14.6. The second kappa shape index (κ2) is 6.14. The largest absolute Gasteiger partial charge is 0.398 e. The van der Waals surface area contributed by atoms with Crippen LogP contribution in [0.5, 0.6) is 0 Å². The lowest BCUT2D eigenvalue weighted by molar-refractivity contribution is -0.112. The maximum atomic E-state index is 14.6. The first kappa shape index (κ1) is 16.6.